The fourth-order valence-corrected chi connectivity index (χ4v) is 1.25. The number of hydrogen-bond donors (Lipinski definition) is 2. The molecule has 5 heteroatoms. The molecule has 1 rings (SSSR count). The molecule has 2 N–H and O–H groups in total. The van der Waals surface area contributed by atoms with Crippen molar-refractivity contribution in [2.75, 3.05) is 0 Å². The number of carbonyl (C=O) groups is 1. The number of ether oxygens (including phenoxy) is 1. The quantitative estimate of drug-likeness (QED) is 0.811. The molecule has 4 nitrogen and oxygen atoms in total. The molecule has 1 amide bonds. The van der Waals surface area contributed by atoms with Crippen LogP contribution in [0.1, 0.15) is 6.92 Å². The smallest absolute Gasteiger partial charge is 0.410 e. The molecule has 1 aromatic carbocycles. The van der Waals surface area contributed by atoms with Crippen molar-refractivity contribution in [3.8, 4) is 5.75 Å². The number of allylic oxidation sites excluding steroid dienone is 3. The lowest BCUT2D eigenvalue weighted by Gasteiger charge is -2.10. The van der Waals surface area contributed by atoms with Crippen molar-refractivity contribution >= 4 is 17.7 Å². The van der Waals surface area contributed by atoms with Crippen LogP contribution in [-0.4, -0.2) is 6.09 Å². The molecule has 0 bridgehead atoms. The van der Waals surface area contributed by atoms with E-state index >= 15 is 0 Å². The van der Waals surface area contributed by atoms with E-state index in [1.165, 1.54) is 0 Å². The van der Waals surface area contributed by atoms with Crippen molar-refractivity contribution in [2.24, 2.45) is 0 Å². The van der Waals surface area contributed by atoms with Crippen LogP contribution in [0.4, 0.5) is 4.79 Å². The van der Waals surface area contributed by atoms with Crippen LogP contribution in [-0.2, 0) is 0 Å². The van der Waals surface area contributed by atoms with Crippen LogP contribution in [0.2, 0.25) is 0 Å². The van der Waals surface area contributed by atoms with Gasteiger partial charge in [0.2, 0.25) is 0 Å². The number of nitrogens with one attached hydrogen (secondary N) is 2. The number of para-hydroxylation sites is 1. The maximum absolute atomic E-state index is 11.6. The van der Waals surface area contributed by atoms with E-state index in [4.69, 9.17) is 16.3 Å². The average molecular weight is 279 g/mol. The van der Waals surface area contributed by atoms with Crippen LogP contribution in [0.25, 0.3) is 0 Å². The third-order valence-electron chi connectivity index (χ3n) is 1.99. The molecule has 0 fully saturated rings. The Labute approximate surface area is 117 Å². The summed E-state index contributed by atoms with van der Waals surface area (Å²) < 4.78 is 5.07. The molecule has 0 aliphatic heterocycles. The third-order valence-corrected chi connectivity index (χ3v) is 2.17. The van der Waals surface area contributed by atoms with E-state index in [9.17, 15) is 4.79 Å². The molecule has 100 valence electrons. The largest absolute Gasteiger partial charge is 0.418 e. The SMILES string of the molecule is C=C/C=C/N/C(NC(=O)Oc1ccccc1)=C(\C)Cl. The normalized spacial score (nSPS) is 11.7. The van der Waals surface area contributed by atoms with Gasteiger partial charge in [-0.25, -0.2) is 4.79 Å². The van der Waals surface area contributed by atoms with Crippen molar-refractivity contribution in [1.29, 1.82) is 0 Å². The minimum absolute atomic E-state index is 0.348. The van der Waals surface area contributed by atoms with E-state index in [-0.39, 0.29) is 0 Å². The van der Waals surface area contributed by atoms with Gasteiger partial charge in [-0.15, -0.1) is 0 Å². The van der Waals surface area contributed by atoms with Gasteiger partial charge in [0.05, 0.1) is 5.03 Å². The van der Waals surface area contributed by atoms with Gasteiger partial charge in [0.1, 0.15) is 11.6 Å². The number of hydrogen-bond acceptors (Lipinski definition) is 3. The van der Waals surface area contributed by atoms with Gasteiger partial charge in [0.25, 0.3) is 0 Å². The van der Waals surface area contributed by atoms with Crippen molar-refractivity contribution in [3.05, 3.63) is 66.1 Å². The van der Waals surface area contributed by atoms with Gasteiger partial charge in [-0.1, -0.05) is 42.5 Å². The van der Waals surface area contributed by atoms with Gasteiger partial charge in [-0.3, -0.25) is 5.32 Å². The molecule has 19 heavy (non-hydrogen) atoms. The Hall–Kier alpha value is -2.20. The summed E-state index contributed by atoms with van der Waals surface area (Å²) in [4.78, 5) is 11.6. The molecule has 0 radical (unpaired) electrons. The average Bonchev–Trinajstić information content (AvgIpc) is 2.38. The Balaban J connectivity index is 2.60. The van der Waals surface area contributed by atoms with Gasteiger partial charge in [-0.05, 0) is 25.1 Å². The molecular weight excluding hydrogens is 264 g/mol. The van der Waals surface area contributed by atoms with E-state index in [2.05, 4.69) is 17.2 Å². The molecule has 0 aromatic heterocycles. The first-order valence-corrected chi connectivity index (χ1v) is 5.95. The summed E-state index contributed by atoms with van der Waals surface area (Å²) in [6, 6.07) is 8.75. The Bertz CT molecular complexity index is 491. The molecule has 0 unspecified atom stereocenters. The standard InChI is InChI=1S/C14H15ClN2O2/c1-3-4-10-16-13(11(2)15)17-14(18)19-12-8-6-5-7-9-12/h3-10,16H,1H2,2H3,(H,17,18)/b10-4+,13-11-. The van der Waals surface area contributed by atoms with Gasteiger partial charge >= 0.3 is 6.09 Å². The predicted molar refractivity (Wildman–Crippen MR) is 76.6 cm³/mol. The summed E-state index contributed by atoms with van der Waals surface area (Å²) in [5.41, 5.74) is 0. The van der Waals surface area contributed by atoms with Crippen molar-refractivity contribution < 1.29 is 9.53 Å². The molecule has 0 heterocycles. The van der Waals surface area contributed by atoms with Crippen LogP contribution in [0, 0.1) is 0 Å². The van der Waals surface area contributed by atoms with Crippen LogP contribution in [0.5, 0.6) is 5.75 Å². The number of rotatable bonds is 5. The number of benzene rings is 1. The van der Waals surface area contributed by atoms with E-state index in [1.54, 1.807) is 49.5 Å². The lowest BCUT2D eigenvalue weighted by molar-refractivity contribution is 0.203. The Morgan fingerprint density at radius 3 is 2.63 bits per heavy atom. The Kier molecular flexibility index (Phi) is 6.26. The lowest BCUT2D eigenvalue weighted by Crippen LogP contribution is -2.32. The zero-order chi connectivity index (χ0) is 14.1. The summed E-state index contributed by atoms with van der Waals surface area (Å²) >= 11 is 5.86. The summed E-state index contributed by atoms with van der Waals surface area (Å²) in [5, 5.41) is 5.74. The van der Waals surface area contributed by atoms with Gasteiger partial charge in [-0.2, -0.15) is 0 Å². The summed E-state index contributed by atoms with van der Waals surface area (Å²) in [7, 11) is 0. The van der Waals surface area contributed by atoms with Crippen LogP contribution in [0.3, 0.4) is 0 Å². The second kappa shape index (κ2) is 8.00. The van der Waals surface area contributed by atoms with E-state index in [1.807, 2.05) is 6.07 Å². The molecule has 0 atom stereocenters. The fraction of sp³-hybridized carbons (Fsp3) is 0.0714. The molecule has 0 saturated heterocycles. The first kappa shape index (κ1) is 14.9. The summed E-state index contributed by atoms with van der Waals surface area (Å²) in [6.07, 6.45) is 4.23. The molecule has 0 aliphatic carbocycles. The second-order valence-electron chi connectivity index (χ2n) is 3.48. The Morgan fingerprint density at radius 2 is 2.05 bits per heavy atom. The number of halogens is 1. The highest BCUT2D eigenvalue weighted by Gasteiger charge is 2.07. The van der Waals surface area contributed by atoms with E-state index in [0.717, 1.165) is 0 Å². The zero-order valence-electron chi connectivity index (χ0n) is 10.5. The number of amides is 1. The minimum Gasteiger partial charge on any atom is -0.410 e. The first-order chi connectivity index (χ1) is 9.13. The monoisotopic (exact) mass is 278 g/mol. The minimum atomic E-state index is -0.624. The van der Waals surface area contributed by atoms with Gasteiger partial charge < -0.3 is 10.1 Å². The molecular formula is C14H15ClN2O2. The van der Waals surface area contributed by atoms with Crippen molar-refractivity contribution in [1.82, 2.24) is 10.6 Å². The van der Waals surface area contributed by atoms with Crippen LogP contribution in [0.15, 0.2) is 66.1 Å². The van der Waals surface area contributed by atoms with Crippen molar-refractivity contribution in [2.45, 2.75) is 6.92 Å². The zero-order valence-corrected chi connectivity index (χ0v) is 11.3. The highest BCUT2D eigenvalue weighted by molar-refractivity contribution is 6.29. The first-order valence-electron chi connectivity index (χ1n) is 5.58. The Morgan fingerprint density at radius 1 is 1.37 bits per heavy atom. The van der Waals surface area contributed by atoms with E-state index < -0.39 is 6.09 Å². The van der Waals surface area contributed by atoms with Gasteiger partial charge in [0, 0.05) is 6.20 Å². The fourth-order valence-electron chi connectivity index (χ4n) is 1.14. The second-order valence-corrected chi connectivity index (χ2v) is 4.04. The maximum atomic E-state index is 11.6. The molecule has 0 spiro atoms. The highest BCUT2D eigenvalue weighted by atomic mass is 35.5. The lowest BCUT2D eigenvalue weighted by atomic mass is 10.3. The third kappa shape index (κ3) is 5.79. The van der Waals surface area contributed by atoms with Gasteiger partial charge in [0.15, 0.2) is 0 Å². The maximum Gasteiger partial charge on any atom is 0.418 e. The predicted octanol–water partition coefficient (Wildman–Crippen LogP) is 3.49. The highest BCUT2D eigenvalue weighted by Crippen LogP contribution is 2.09. The molecule has 0 saturated carbocycles. The molecule has 0 aliphatic rings. The molecule has 1 aromatic rings. The number of carbonyl (C=O) groups excluding carboxylic acids is 1. The summed E-state index contributed by atoms with van der Waals surface area (Å²) in [5.74, 6) is 0.800. The van der Waals surface area contributed by atoms with Crippen LogP contribution >= 0.6 is 11.6 Å². The van der Waals surface area contributed by atoms with Crippen LogP contribution < -0.4 is 15.4 Å². The van der Waals surface area contributed by atoms with E-state index in [0.29, 0.717) is 16.6 Å². The summed E-state index contributed by atoms with van der Waals surface area (Å²) in [6.45, 7) is 5.18. The van der Waals surface area contributed by atoms with Crippen molar-refractivity contribution in [3.63, 3.8) is 0 Å². The topological polar surface area (TPSA) is 50.4 Å².